The number of piperazine rings is 1. The zero-order chi connectivity index (χ0) is 25.7. The van der Waals surface area contributed by atoms with E-state index in [1.54, 1.807) is 4.90 Å². The van der Waals surface area contributed by atoms with E-state index in [0.29, 0.717) is 62.5 Å². The van der Waals surface area contributed by atoms with Crippen molar-refractivity contribution < 1.29 is 18.1 Å². The first-order chi connectivity index (χ1) is 17.1. The van der Waals surface area contributed by atoms with Gasteiger partial charge in [-0.15, -0.1) is 0 Å². The van der Waals surface area contributed by atoms with E-state index in [1.807, 2.05) is 0 Å². The molecule has 2 saturated heterocycles. The van der Waals surface area contributed by atoms with Crippen molar-refractivity contribution in [3.05, 3.63) is 11.7 Å². The fraction of sp³-hybridized carbons (Fsp3) is 0.885. The summed E-state index contributed by atoms with van der Waals surface area (Å²) in [4.78, 5) is 24.1. The molecule has 3 heterocycles. The maximum atomic E-state index is 15.2. The average Bonchev–Trinajstić information content (AvgIpc) is 3.36. The number of nitrogens with zero attached hydrogens (tertiary/aromatic N) is 5. The summed E-state index contributed by atoms with van der Waals surface area (Å²) in [6.45, 7) is 12.9. The lowest BCUT2D eigenvalue weighted by Crippen LogP contribution is -2.66. The number of rotatable bonds is 5. The summed E-state index contributed by atoms with van der Waals surface area (Å²) < 4.78 is 35.8. The monoisotopic (exact) mass is 508 g/mol. The number of urea groups is 1. The number of aromatic nitrogens is 2. The lowest BCUT2D eigenvalue weighted by Gasteiger charge is -2.48. The van der Waals surface area contributed by atoms with Crippen molar-refractivity contribution in [2.45, 2.75) is 102 Å². The third kappa shape index (κ3) is 5.12. The summed E-state index contributed by atoms with van der Waals surface area (Å²) in [6, 6.07) is -1.41. The molecule has 0 bridgehead atoms. The van der Waals surface area contributed by atoms with E-state index in [-0.39, 0.29) is 23.9 Å². The van der Waals surface area contributed by atoms with Crippen molar-refractivity contribution in [3.63, 3.8) is 0 Å². The molecule has 5 rings (SSSR count). The molecule has 4 fully saturated rings. The van der Waals surface area contributed by atoms with E-state index >= 15 is 8.78 Å². The van der Waals surface area contributed by atoms with E-state index in [9.17, 15) is 4.79 Å². The second-order valence-corrected chi connectivity index (χ2v) is 12.1. The number of nitrogens with one attached hydrogen (secondary N) is 1. The highest BCUT2D eigenvalue weighted by atomic mass is 19.3. The third-order valence-electron chi connectivity index (χ3n) is 9.24. The summed E-state index contributed by atoms with van der Waals surface area (Å²) in [7, 11) is 0. The Morgan fingerprint density at radius 1 is 1.11 bits per heavy atom. The predicted molar refractivity (Wildman–Crippen MR) is 132 cm³/mol. The molecule has 1 aromatic rings. The minimum absolute atomic E-state index is 0.168. The Balaban J connectivity index is 1.20. The van der Waals surface area contributed by atoms with Gasteiger partial charge in [-0.1, -0.05) is 19.0 Å². The molecule has 0 aromatic carbocycles. The molecule has 0 unspecified atom stereocenters. The fourth-order valence-electron chi connectivity index (χ4n) is 6.28. The van der Waals surface area contributed by atoms with Crippen LogP contribution in [0.2, 0.25) is 0 Å². The van der Waals surface area contributed by atoms with Gasteiger partial charge in [0.25, 0.3) is 5.92 Å². The second-order valence-electron chi connectivity index (χ2n) is 12.1. The molecule has 0 spiro atoms. The number of carbonyl (C=O) groups excluding carboxylic acids is 1. The van der Waals surface area contributed by atoms with Crippen LogP contribution in [0.4, 0.5) is 13.6 Å². The molecule has 202 valence electrons. The van der Waals surface area contributed by atoms with Gasteiger partial charge in [0.2, 0.25) is 5.89 Å². The van der Waals surface area contributed by atoms with Crippen molar-refractivity contribution in [1.82, 2.24) is 30.2 Å². The smallest absolute Gasteiger partial charge is 0.317 e. The summed E-state index contributed by atoms with van der Waals surface area (Å²) in [5, 5.41) is 7.05. The number of amides is 2. The molecule has 0 radical (unpaired) electrons. The van der Waals surface area contributed by atoms with Crippen molar-refractivity contribution in [3.8, 4) is 0 Å². The molecule has 2 amide bonds. The largest absolute Gasteiger partial charge is 0.339 e. The topological polar surface area (TPSA) is 77.7 Å². The van der Waals surface area contributed by atoms with Crippen molar-refractivity contribution in [2.75, 3.05) is 39.3 Å². The number of carbonyl (C=O) groups is 1. The lowest BCUT2D eigenvalue weighted by molar-refractivity contribution is -0.0973. The van der Waals surface area contributed by atoms with Gasteiger partial charge in [-0.25, -0.2) is 13.6 Å². The number of likely N-dealkylation sites (tertiary alicyclic amines) is 1. The number of alkyl halides is 2. The van der Waals surface area contributed by atoms with Crippen LogP contribution in [0.5, 0.6) is 0 Å². The Morgan fingerprint density at radius 2 is 1.78 bits per heavy atom. The van der Waals surface area contributed by atoms with Crippen LogP contribution in [0.15, 0.2) is 4.52 Å². The standard InChI is InChI=1S/C26H42F2N6O2/c1-17(2)32-12-14-33(15-13-32)20-6-5-7-26(27,28)21(20)29-24(35)34-10-8-25(4,9-11-34)23-30-22(36-31-23)19-16-18(19)3/h17-21H,5-16H2,1-4H3,(H,29,35)/t18-,19+,20-,21+/m0/s1. The first-order valence-corrected chi connectivity index (χ1v) is 13.8. The normalized spacial score (nSPS) is 33.0. The molecule has 1 aromatic heterocycles. The van der Waals surface area contributed by atoms with E-state index in [0.717, 1.165) is 38.5 Å². The van der Waals surface area contributed by atoms with Gasteiger partial charge in [0.1, 0.15) is 6.04 Å². The molecule has 10 heteroatoms. The van der Waals surface area contributed by atoms with Crippen LogP contribution >= 0.6 is 0 Å². The molecule has 36 heavy (non-hydrogen) atoms. The van der Waals surface area contributed by atoms with Gasteiger partial charge in [-0.2, -0.15) is 4.98 Å². The van der Waals surface area contributed by atoms with Gasteiger partial charge in [0, 0.05) is 69.1 Å². The molecule has 4 atom stereocenters. The molecule has 8 nitrogen and oxygen atoms in total. The Labute approximate surface area is 213 Å². The Bertz CT molecular complexity index is 923. The van der Waals surface area contributed by atoms with Crippen LogP contribution in [0.1, 0.15) is 83.9 Å². The molecule has 4 aliphatic rings. The van der Waals surface area contributed by atoms with Gasteiger partial charge >= 0.3 is 6.03 Å². The SMILES string of the molecule is CC(C)N1CCN([C@H]2CCCC(F)(F)[C@@H]2NC(=O)N2CCC(C)(c3noc([C@@H]4C[C@@H]4C)n3)CC2)CC1. The zero-order valence-corrected chi connectivity index (χ0v) is 22.2. The average molecular weight is 509 g/mol. The molecule has 2 saturated carbocycles. The highest BCUT2D eigenvalue weighted by Crippen LogP contribution is 2.47. The van der Waals surface area contributed by atoms with Gasteiger partial charge in [-0.3, -0.25) is 9.80 Å². The van der Waals surface area contributed by atoms with Crippen LogP contribution in [-0.2, 0) is 5.41 Å². The van der Waals surface area contributed by atoms with Crippen LogP contribution in [0.3, 0.4) is 0 Å². The van der Waals surface area contributed by atoms with Crippen molar-refractivity contribution >= 4 is 6.03 Å². The third-order valence-corrected chi connectivity index (χ3v) is 9.24. The van der Waals surface area contributed by atoms with Crippen LogP contribution < -0.4 is 5.32 Å². The Morgan fingerprint density at radius 3 is 2.39 bits per heavy atom. The summed E-state index contributed by atoms with van der Waals surface area (Å²) in [6.07, 6.45) is 3.47. The van der Waals surface area contributed by atoms with E-state index in [4.69, 9.17) is 4.52 Å². The summed E-state index contributed by atoms with van der Waals surface area (Å²) in [5.74, 6) is -0.509. The molecule has 1 N–H and O–H groups in total. The van der Waals surface area contributed by atoms with Crippen LogP contribution in [0.25, 0.3) is 0 Å². The van der Waals surface area contributed by atoms with Crippen molar-refractivity contribution in [1.29, 1.82) is 0 Å². The minimum Gasteiger partial charge on any atom is -0.339 e. The Hall–Kier alpha value is -1.81. The highest BCUT2D eigenvalue weighted by molar-refractivity contribution is 5.75. The number of hydrogen-bond donors (Lipinski definition) is 1. The van der Waals surface area contributed by atoms with E-state index in [2.05, 4.69) is 53.0 Å². The predicted octanol–water partition coefficient (Wildman–Crippen LogP) is 3.84. The first-order valence-electron chi connectivity index (χ1n) is 13.8. The summed E-state index contributed by atoms with van der Waals surface area (Å²) in [5.41, 5.74) is -0.274. The maximum Gasteiger partial charge on any atom is 0.317 e. The molecular formula is C26H42F2N6O2. The number of hydrogen-bond acceptors (Lipinski definition) is 6. The molecular weight excluding hydrogens is 466 g/mol. The van der Waals surface area contributed by atoms with Gasteiger partial charge in [0.05, 0.1) is 0 Å². The lowest BCUT2D eigenvalue weighted by atomic mass is 9.79. The van der Waals surface area contributed by atoms with E-state index < -0.39 is 12.0 Å². The van der Waals surface area contributed by atoms with Crippen LogP contribution in [-0.4, -0.2) is 94.2 Å². The highest BCUT2D eigenvalue weighted by Gasteiger charge is 2.50. The van der Waals surface area contributed by atoms with E-state index in [1.165, 1.54) is 0 Å². The number of halogens is 2. The zero-order valence-electron chi connectivity index (χ0n) is 22.2. The van der Waals surface area contributed by atoms with Crippen molar-refractivity contribution in [2.24, 2.45) is 5.92 Å². The van der Waals surface area contributed by atoms with Crippen LogP contribution in [0, 0.1) is 5.92 Å². The van der Waals surface area contributed by atoms with Gasteiger partial charge in [-0.05, 0) is 51.9 Å². The fourth-order valence-corrected chi connectivity index (χ4v) is 6.28. The first kappa shape index (κ1) is 25.8. The maximum absolute atomic E-state index is 15.2. The Kier molecular flexibility index (Phi) is 7.04. The minimum atomic E-state index is -2.90. The van der Waals surface area contributed by atoms with Gasteiger partial charge in [0.15, 0.2) is 5.82 Å². The number of piperidine rings is 1. The quantitative estimate of drug-likeness (QED) is 0.651. The second kappa shape index (κ2) is 9.82. The summed E-state index contributed by atoms with van der Waals surface area (Å²) >= 11 is 0. The van der Waals surface area contributed by atoms with Gasteiger partial charge < -0.3 is 14.7 Å². The molecule has 2 aliphatic carbocycles. The molecule has 2 aliphatic heterocycles.